The van der Waals surface area contributed by atoms with E-state index in [0.717, 1.165) is 12.8 Å². The molecular weight excluding hydrogens is 306 g/mol. The fourth-order valence-electron chi connectivity index (χ4n) is 2.16. The maximum absolute atomic E-state index is 13.2. The third kappa shape index (κ3) is 2.45. The number of benzene rings is 1. The van der Waals surface area contributed by atoms with Crippen molar-refractivity contribution >= 4 is 27.5 Å². The van der Waals surface area contributed by atoms with Gasteiger partial charge in [0.15, 0.2) is 0 Å². The van der Waals surface area contributed by atoms with Crippen LogP contribution in [0.4, 0.5) is 4.39 Å². The van der Waals surface area contributed by atoms with Crippen LogP contribution in [0.5, 0.6) is 5.75 Å². The minimum atomic E-state index is -0.297. The fraction of sp³-hybridized carbons (Fsp3) is 0.538. The first-order valence-electron chi connectivity index (χ1n) is 5.72. The van der Waals surface area contributed by atoms with Gasteiger partial charge in [0.25, 0.3) is 0 Å². The molecule has 1 aliphatic rings. The smallest absolute Gasteiger partial charge is 0.128 e. The van der Waals surface area contributed by atoms with E-state index in [0.29, 0.717) is 10.2 Å². The molecule has 2 rings (SSSR count). The molecule has 0 heterocycles. The molecule has 0 aliphatic heterocycles. The number of hydrogen-bond donors (Lipinski definition) is 0. The molecule has 0 aromatic heterocycles. The van der Waals surface area contributed by atoms with Crippen LogP contribution in [0.25, 0.3) is 0 Å². The predicted molar refractivity (Wildman–Crippen MR) is 71.2 cm³/mol. The van der Waals surface area contributed by atoms with Gasteiger partial charge in [-0.15, -0.1) is 11.6 Å². The van der Waals surface area contributed by atoms with Gasteiger partial charge in [-0.1, -0.05) is 29.8 Å². The molecule has 0 radical (unpaired) electrons. The molecule has 1 fully saturated rings. The zero-order chi connectivity index (χ0) is 12.6. The Morgan fingerprint density at radius 2 is 2.24 bits per heavy atom. The Morgan fingerprint density at radius 1 is 1.53 bits per heavy atom. The third-order valence-electron chi connectivity index (χ3n) is 3.75. The lowest BCUT2D eigenvalue weighted by molar-refractivity contribution is -0.0296. The molecule has 3 unspecified atom stereocenters. The lowest BCUT2D eigenvalue weighted by Crippen LogP contribution is -2.55. The largest absolute Gasteiger partial charge is 0.490 e. The zero-order valence-corrected chi connectivity index (χ0v) is 12.2. The summed E-state index contributed by atoms with van der Waals surface area (Å²) in [6, 6.07) is 4.60. The van der Waals surface area contributed by atoms with Gasteiger partial charge in [-0.25, -0.2) is 4.39 Å². The molecule has 94 valence electrons. The van der Waals surface area contributed by atoms with Crippen LogP contribution < -0.4 is 4.74 Å². The second-order valence-corrected chi connectivity index (χ2v) is 6.22. The molecule has 3 atom stereocenters. The van der Waals surface area contributed by atoms with Crippen molar-refractivity contribution in [1.29, 1.82) is 0 Å². The first kappa shape index (κ1) is 13.2. The van der Waals surface area contributed by atoms with E-state index in [1.807, 2.05) is 0 Å². The Bertz CT molecular complexity index is 406. The summed E-state index contributed by atoms with van der Waals surface area (Å²) < 4.78 is 19.7. The monoisotopic (exact) mass is 320 g/mol. The first-order chi connectivity index (χ1) is 7.95. The predicted octanol–water partition coefficient (Wildman–Crippen LogP) is 4.76. The Kier molecular flexibility index (Phi) is 3.69. The van der Waals surface area contributed by atoms with Crippen LogP contribution in [-0.2, 0) is 0 Å². The Labute approximate surface area is 114 Å². The molecule has 0 N–H and O–H groups in total. The van der Waals surface area contributed by atoms with Crippen LogP contribution in [0.3, 0.4) is 0 Å². The van der Waals surface area contributed by atoms with Crippen molar-refractivity contribution in [1.82, 2.24) is 0 Å². The van der Waals surface area contributed by atoms with Gasteiger partial charge in [-0.3, -0.25) is 0 Å². The number of hydrogen-bond acceptors (Lipinski definition) is 1. The highest BCUT2D eigenvalue weighted by molar-refractivity contribution is 9.10. The second kappa shape index (κ2) is 4.77. The summed E-state index contributed by atoms with van der Waals surface area (Å²) in [5.41, 5.74) is -0.0135. The first-order valence-corrected chi connectivity index (χ1v) is 6.95. The normalized spacial score (nSPS) is 32.1. The summed E-state index contributed by atoms with van der Waals surface area (Å²) in [4.78, 5) is 0. The van der Waals surface area contributed by atoms with E-state index in [-0.39, 0.29) is 22.7 Å². The number of halogens is 3. The van der Waals surface area contributed by atoms with E-state index in [1.165, 1.54) is 12.1 Å². The highest BCUT2D eigenvalue weighted by Gasteiger charge is 2.51. The van der Waals surface area contributed by atoms with Crippen molar-refractivity contribution in [3.63, 3.8) is 0 Å². The van der Waals surface area contributed by atoms with Crippen LogP contribution in [0, 0.1) is 11.2 Å². The van der Waals surface area contributed by atoms with Crippen molar-refractivity contribution in [2.45, 2.75) is 38.2 Å². The van der Waals surface area contributed by atoms with Gasteiger partial charge in [-0.2, -0.15) is 0 Å². The highest BCUT2D eigenvalue weighted by Crippen LogP contribution is 2.49. The van der Waals surface area contributed by atoms with Gasteiger partial charge in [0.05, 0.1) is 0 Å². The van der Waals surface area contributed by atoms with Crippen LogP contribution >= 0.6 is 27.5 Å². The van der Waals surface area contributed by atoms with Crippen molar-refractivity contribution in [2.75, 3.05) is 0 Å². The summed E-state index contributed by atoms with van der Waals surface area (Å²) in [6.45, 7) is 4.22. The van der Waals surface area contributed by atoms with E-state index in [1.54, 1.807) is 6.07 Å². The SMILES string of the molecule is CCC1(C)C(Cl)CC1Oc1cc(F)cc(Br)c1. The van der Waals surface area contributed by atoms with Gasteiger partial charge < -0.3 is 4.74 Å². The summed E-state index contributed by atoms with van der Waals surface area (Å²) in [6.07, 6.45) is 1.85. The average molecular weight is 322 g/mol. The number of ether oxygens (including phenoxy) is 1. The van der Waals surface area contributed by atoms with E-state index < -0.39 is 0 Å². The van der Waals surface area contributed by atoms with Gasteiger partial charge in [-0.05, 0) is 18.6 Å². The fourth-order valence-corrected chi connectivity index (χ4v) is 3.06. The molecule has 1 aliphatic carbocycles. The Balaban J connectivity index is 2.12. The van der Waals surface area contributed by atoms with Crippen molar-refractivity contribution < 1.29 is 9.13 Å². The molecule has 17 heavy (non-hydrogen) atoms. The summed E-state index contributed by atoms with van der Waals surface area (Å²) in [5, 5.41) is 0.148. The van der Waals surface area contributed by atoms with E-state index in [2.05, 4.69) is 29.8 Å². The molecular formula is C13H15BrClFO. The van der Waals surface area contributed by atoms with E-state index in [9.17, 15) is 4.39 Å². The van der Waals surface area contributed by atoms with Crippen LogP contribution in [0.15, 0.2) is 22.7 Å². The standard InChI is InChI=1S/C13H15BrClFO/c1-3-13(2)11(15)7-12(13)17-10-5-8(14)4-9(16)6-10/h4-6,11-12H,3,7H2,1-2H3. The Hall–Kier alpha value is -0.280. The third-order valence-corrected chi connectivity index (χ3v) is 4.88. The van der Waals surface area contributed by atoms with Crippen LogP contribution in [0.2, 0.25) is 0 Å². The van der Waals surface area contributed by atoms with Gasteiger partial charge in [0.1, 0.15) is 17.7 Å². The van der Waals surface area contributed by atoms with Gasteiger partial charge in [0, 0.05) is 27.8 Å². The lowest BCUT2D eigenvalue weighted by atomic mass is 9.65. The minimum Gasteiger partial charge on any atom is -0.490 e. The summed E-state index contributed by atoms with van der Waals surface area (Å²) >= 11 is 9.47. The molecule has 0 saturated heterocycles. The Morgan fingerprint density at radius 3 is 2.76 bits per heavy atom. The molecule has 4 heteroatoms. The molecule has 0 spiro atoms. The number of alkyl halides is 1. The quantitative estimate of drug-likeness (QED) is 0.729. The average Bonchev–Trinajstić information content (AvgIpc) is 2.26. The maximum Gasteiger partial charge on any atom is 0.128 e. The number of rotatable bonds is 3. The molecule has 1 aromatic carbocycles. The van der Waals surface area contributed by atoms with Crippen LogP contribution in [-0.4, -0.2) is 11.5 Å². The van der Waals surface area contributed by atoms with E-state index in [4.69, 9.17) is 16.3 Å². The van der Waals surface area contributed by atoms with E-state index >= 15 is 0 Å². The van der Waals surface area contributed by atoms with Crippen molar-refractivity contribution in [3.05, 3.63) is 28.5 Å². The highest BCUT2D eigenvalue weighted by atomic mass is 79.9. The molecule has 0 bridgehead atoms. The molecule has 1 aromatic rings. The lowest BCUT2D eigenvalue weighted by Gasteiger charge is -2.50. The second-order valence-electron chi connectivity index (χ2n) is 4.77. The van der Waals surface area contributed by atoms with Crippen molar-refractivity contribution in [2.24, 2.45) is 5.41 Å². The van der Waals surface area contributed by atoms with Gasteiger partial charge in [0.2, 0.25) is 0 Å². The topological polar surface area (TPSA) is 9.23 Å². The van der Waals surface area contributed by atoms with Crippen molar-refractivity contribution in [3.8, 4) is 5.75 Å². The summed E-state index contributed by atoms with van der Waals surface area (Å²) in [7, 11) is 0. The minimum absolute atomic E-state index is 0.0135. The molecule has 0 amide bonds. The zero-order valence-electron chi connectivity index (χ0n) is 9.84. The molecule has 1 saturated carbocycles. The van der Waals surface area contributed by atoms with Crippen LogP contribution in [0.1, 0.15) is 26.7 Å². The molecule has 1 nitrogen and oxygen atoms in total. The maximum atomic E-state index is 13.2. The van der Waals surface area contributed by atoms with Gasteiger partial charge >= 0.3 is 0 Å². The summed E-state index contributed by atoms with van der Waals surface area (Å²) in [5.74, 6) is 0.263.